The molecule has 2 rings (SSSR count). The molecule has 0 unspecified atom stereocenters. The molecule has 0 heterocycles. The summed E-state index contributed by atoms with van der Waals surface area (Å²) >= 11 is 0. The van der Waals surface area contributed by atoms with Gasteiger partial charge in [0.25, 0.3) is 0 Å². The zero-order chi connectivity index (χ0) is 14.0. The Bertz CT molecular complexity index is 625. The number of carbonyl (C=O) groups excluding carboxylic acids is 1. The second-order valence-electron chi connectivity index (χ2n) is 4.26. The maximum absolute atomic E-state index is 13.2. The molecule has 0 amide bonds. The molecule has 0 aliphatic rings. The molecule has 2 aromatic carbocycles. The molecule has 0 fully saturated rings. The minimum Gasteiger partial charge on any atom is -0.344 e. The van der Waals surface area contributed by atoms with Gasteiger partial charge in [-0.15, -0.1) is 0 Å². The van der Waals surface area contributed by atoms with Crippen LogP contribution in [0, 0.1) is 11.6 Å². The van der Waals surface area contributed by atoms with E-state index >= 15 is 0 Å². The third-order valence-electron chi connectivity index (χ3n) is 2.89. The summed E-state index contributed by atoms with van der Waals surface area (Å²) in [7, 11) is 1.70. The molecule has 0 aromatic heterocycles. The number of Topliss-reactive ketones (excluding diaryl/α,β-unsaturated/α-hetero) is 1. The Morgan fingerprint density at radius 2 is 1.74 bits per heavy atom. The summed E-state index contributed by atoms with van der Waals surface area (Å²) in [5.41, 5.74) is 1.40. The van der Waals surface area contributed by atoms with Crippen LogP contribution in [-0.4, -0.2) is 12.8 Å². The van der Waals surface area contributed by atoms with E-state index in [-0.39, 0.29) is 17.2 Å². The summed E-state index contributed by atoms with van der Waals surface area (Å²) in [5, 5.41) is 0. The first-order valence-corrected chi connectivity index (χ1v) is 5.79. The van der Waals surface area contributed by atoms with E-state index in [1.807, 2.05) is 0 Å². The van der Waals surface area contributed by atoms with E-state index in [0.717, 1.165) is 0 Å². The monoisotopic (exact) mass is 261 g/mol. The molecule has 0 atom stereocenters. The number of rotatable bonds is 3. The van der Waals surface area contributed by atoms with E-state index in [4.69, 9.17) is 0 Å². The van der Waals surface area contributed by atoms with Crippen LogP contribution < -0.4 is 4.90 Å². The van der Waals surface area contributed by atoms with Crippen molar-refractivity contribution in [1.82, 2.24) is 0 Å². The number of anilines is 2. The predicted molar refractivity (Wildman–Crippen MR) is 70.9 cm³/mol. The van der Waals surface area contributed by atoms with Gasteiger partial charge in [0, 0.05) is 18.3 Å². The van der Waals surface area contributed by atoms with Crippen molar-refractivity contribution in [3.05, 3.63) is 59.7 Å². The van der Waals surface area contributed by atoms with Crippen molar-refractivity contribution >= 4 is 17.2 Å². The lowest BCUT2D eigenvalue weighted by atomic mass is 10.1. The number of hydrogen-bond acceptors (Lipinski definition) is 2. The minimum atomic E-state index is -0.471. The third kappa shape index (κ3) is 2.78. The van der Waals surface area contributed by atoms with Crippen LogP contribution in [0.2, 0.25) is 0 Å². The van der Waals surface area contributed by atoms with E-state index in [1.54, 1.807) is 24.1 Å². The van der Waals surface area contributed by atoms with Crippen LogP contribution in [0.3, 0.4) is 0 Å². The Hall–Kier alpha value is -2.23. The van der Waals surface area contributed by atoms with Crippen molar-refractivity contribution in [1.29, 1.82) is 0 Å². The van der Waals surface area contributed by atoms with Gasteiger partial charge in [0.05, 0.1) is 5.69 Å². The van der Waals surface area contributed by atoms with Crippen molar-refractivity contribution in [2.75, 3.05) is 11.9 Å². The maximum Gasteiger partial charge on any atom is 0.162 e. The van der Waals surface area contributed by atoms with E-state index in [9.17, 15) is 13.6 Å². The smallest absolute Gasteiger partial charge is 0.162 e. The molecule has 0 saturated carbocycles. The van der Waals surface area contributed by atoms with E-state index in [1.165, 1.54) is 37.3 Å². The quantitative estimate of drug-likeness (QED) is 0.780. The summed E-state index contributed by atoms with van der Waals surface area (Å²) in [4.78, 5) is 13.2. The van der Waals surface area contributed by atoms with Gasteiger partial charge in [0.1, 0.15) is 11.6 Å². The highest BCUT2D eigenvalue weighted by atomic mass is 19.1. The molecular formula is C15H13F2NO. The number of ketones is 1. The Morgan fingerprint density at radius 3 is 2.37 bits per heavy atom. The fourth-order valence-corrected chi connectivity index (χ4v) is 1.91. The minimum absolute atomic E-state index is 0.238. The highest BCUT2D eigenvalue weighted by molar-refractivity contribution is 6.00. The molecular weight excluding hydrogens is 248 g/mol. The number of halogens is 2. The lowest BCUT2D eigenvalue weighted by Gasteiger charge is -2.22. The molecule has 0 spiro atoms. The molecule has 0 bridgehead atoms. The lowest BCUT2D eigenvalue weighted by Crippen LogP contribution is -2.13. The lowest BCUT2D eigenvalue weighted by molar-refractivity contribution is 0.101. The molecule has 98 valence electrons. The fourth-order valence-electron chi connectivity index (χ4n) is 1.91. The van der Waals surface area contributed by atoms with Gasteiger partial charge < -0.3 is 4.90 Å². The molecule has 2 aromatic rings. The van der Waals surface area contributed by atoms with Crippen LogP contribution in [0.1, 0.15) is 17.3 Å². The number of hydrogen-bond donors (Lipinski definition) is 0. The summed E-state index contributed by atoms with van der Waals surface area (Å²) in [6, 6.07) is 9.97. The van der Waals surface area contributed by atoms with E-state index in [0.29, 0.717) is 11.4 Å². The zero-order valence-corrected chi connectivity index (χ0v) is 10.7. The molecule has 0 N–H and O–H groups in total. The van der Waals surface area contributed by atoms with Gasteiger partial charge in [-0.05, 0) is 43.3 Å². The van der Waals surface area contributed by atoms with Crippen molar-refractivity contribution < 1.29 is 13.6 Å². The van der Waals surface area contributed by atoms with Gasteiger partial charge in [0.2, 0.25) is 0 Å². The van der Waals surface area contributed by atoms with Gasteiger partial charge in [-0.1, -0.05) is 6.07 Å². The first-order valence-electron chi connectivity index (χ1n) is 5.79. The Morgan fingerprint density at radius 1 is 1.05 bits per heavy atom. The number of benzene rings is 2. The normalized spacial score (nSPS) is 10.3. The van der Waals surface area contributed by atoms with Crippen molar-refractivity contribution in [3.8, 4) is 0 Å². The van der Waals surface area contributed by atoms with Crippen LogP contribution in [0.25, 0.3) is 0 Å². The third-order valence-corrected chi connectivity index (χ3v) is 2.89. The topological polar surface area (TPSA) is 20.3 Å². The summed E-state index contributed by atoms with van der Waals surface area (Å²) in [5.74, 6) is -1.07. The second-order valence-corrected chi connectivity index (χ2v) is 4.26. The Labute approximate surface area is 110 Å². The molecule has 0 saturated heterocycles. The SMILES string of the molecule is CC(=O)c1cc(F)ccc1N(C)c1cccc(F)c1. The Balaban J connectivity index is 2.49. The van der Waals surface area contributed by atoms with Gasteiger partial charge in [-0.2, -0.15) is 0 Å². The fraction of sp³-hybridized carbons (Fsp3) is 0.133. The molecule has 2 nitrogen and oxygen atoms in total. The summed E-state index contributed by atoms with van der Waals surface area (Å²) < 4.78 is 26.4. The average molecular weight is 261 g/mol. The van der Waals surface area contributed by atoms with Crippen molar-refractivity contribution in [3.63, 3.8) is 0 Å². The van der Waals surface area contributed by atoms with Crippen molar-refractivity contribution in [2.45, 2.75) is 6.92 Å². The van der Waals surface area contributed by atoms with Crippen LogP contribution in [0.4, 0.5) is 20.2 Å². The Kier molecular flexibility index (Phi) is 3.60. The van der Waals surface area contributed by atoms with Gasteiger partial charge in [0.15, 0.2) is 5.78 Å². The molecule has 0 aliphatic heterocycles. The molecule has 0 radical (unpaired) electrons. The van der Waals surface area contributed by atoms with Crippen molar-refractivity contribution in [2.24, 2.45) is 0 Å². The zero-order valence-electron chi connectivity index (χ0n) is 10.7. The number of nitrogens with zero attached hydrogens (tertiary/aromatic N) is 1. The van der Waals surface area contributed by atoms with Crippen LogP contribution in [0.15, 0.2) is 42.5 Å². The average Bonchev–Trinajstić information content (AvgIpc) is 2.37. The first-order chi connectivity index (χ1) is 8.99. The standard InChI is InChI=1S/C15H13F2NO/c1-10(19)14-9-12(17)6-7-15(14)18(2)13-5-3-4-11(16)8-13/h3-9H,1-2H3. The molecule has 19 heavy (non-hydrogen) atoms. The first kappa shape index (κ1) is 13.2. The second kappa shape index (κ2) is 5.18. The van der Waals surface area contributed by atoms with Gasteiger partial charge in [-0.3, -0.25) is 4.79 Å². The summed E-state index contributed by atoms with van der Waals surface area (Å²) in [6.45, 7) is 1.37. The van der Waals surface area contributed by atoms with Crippen LogP contribution in [0.5, 0.6) is 0 Å². The van der Waals surface area contributed by atoms with E-state index in [2.05, 4.69) is 0 Å². The highest BCUT2D eigenvalue weighted by Crippen LogP contribution is 2.28. The van der Waals surface area contributed by atoms with Crippen LogP contribution in [-0.2, 0) is 0 Å². The summed E-state index contributed by atoms with van der Waals surface area (Å²) in [6.07, 6.45) is 0. The van der Waals surface area contributed by atoms with Gasteiger partial charge in [-0.25, -0.2) is 8.78 Å². The molecule has 0 aliphatic carbocycles. The highest BCUT2D eigenvalue weighted by Gasteiger charge is 2.13. The predicted octanol–water partition coefficient (Wildman–Crippen LogP) is 3.94. The maximum atomic E-state index is 13.2. The largest absolute Gasteiger partial charge is 0.344 e. The molecule has 4 heteroatoms. The van der Waals surface area contributed by atoms with Gasteiger partial charge >= 0.3 is 0 Å². The number of carbonyl (C=O) groups is 1. The van der Waals surface area contributed by atoms with E-state index < -0.39 is 5.82 Å². The van der Waals surface area contributed by atoms with Crippen LogP contribution >= 0.6 is 0 Å².